The maximum Gasteiger partial charge on any atom is 0.0704 e. The quantitative estimate of drug-likeness (QED) is 0.863. The van der Waals surface area contributed by atoms with E-state index in [9.17, 15) is 0 Å². The molecule has 66 valence electrons. The van der Waals surface area contributed by atoms with Crippen molar-refractivity contribution in [3.8, 4) is 0 Å². The highest BCUT2D eigenvalue weighted by Gasteiger charge is 1.94. The molecule has 1 nitrogen and oxygen atoms in total. The Morgan fingerprint density at radius 1 is 1.67 bits per heavy atom. The van der Waals surface area contributed by atoms with Gasteiger partial charge < -0.3 is 5.32 Å². The number of nitrogens with one attached hydrogen (secondary N) is 1. The van der Waals surface area contributed by atoms with Crippen LogP contribution in [0.2, 0.25) is 0 Å². The van der Waals surface area contributed by atoms with Crippen molar-refractivity contribution in [2.45, 2.75) is 6.92 Å². The predicted molar refractivity (Wildman–Crippen MR) is 59.6 cm³/mol. The van der Waals surface area contributed by atoms with E-state index in [2.05, 4.69) is 46.4 Å². The van der Waals surface area contributed by atoms with E-state index in [1.807, 2.05) is 7.05 Å². The van der Waals surface area contributed by atoms with Crippen molar-refractivity contribution < 1.29 is 0 Å². The van der Waals surface area contributed by atoms with Crippen LogP contribution in [0.5, 0.6) is 0 Å². The fraction of sp³-hybridized carbons (Fsp3) is 0.333. The number of rotatable bonds is 3. The zero-order chi connectivity index (χ0) is 8.97. The molecule has 0 unspecified atom stereocenters. The van der Waals surface area contributed by atoms with E-state index in [-0.39, 0.29) is 0 Å². The summed E-state index contributed by atoms with van der Waals surface area (Å²) < 4.78 is 1.19. The number of halogens is 1. The van der Waals surface area contributed by atoms with Crippen molar-refractivity contribution in [1.29, 1.82) is 0 Å². The molecule has 0 atom stereocenters. The Hall–Kier alpha value is -0.120. The van der Waals surface area contributed by atoms with Gasteiger partial charge in [0.05, 0.1) is 3.79 Å². The molecule has 0 amide bonds. The third kappa shape index (κ3) is 3.09. The summed E-state index contributed by atoms with van der Waals surface area (Å²) in [6.45, 7) is 3.08. The standard InChI is InChI=1S/C9H12BrNS/c1-7(6-11-2)5-8-3-4-9(10)12-8/h3-5,11H,6H2,1-2H3. The van der Waals surface area contributed by atoms with Gasteiger partial charge in [-0.1, -0.05) is 5.57 Å². The molecule has 0 aliphatic carbocycles. The zero-order valence-electron chi connectivity index (χ0n) is 7.23. The first-order chi connectivity index (χ1) is 5.72. The van der Waals surface area contributed by atoms with Gasteiger partial charge in [-0.25, -0.2) is 0 Å². The third-order valence-electron chi connectivity index (χ3n) is 1.44. The lowest BCUT2D eigenvalue weighted by molar-refractivity contribution is 0.885. The van der Waals surface area contributed by atoms with E-state index < -0.39 is 0 Å². The van der Waals surface area contributed by atoms with Gasteiger partial charge in [0.2, 0.25) is 0 Å². The van der Waals surface area contributed by atoms with Crippen LogP contribution in [0.25, 0.3) is 6.08 Å². The van der Waals surface area contributed by atoms with Gasteiger partial charge in [0.15, 0.2) is 0 Å². The zero-order valence-corrected chi connectivity index (χ0v) is 9.63. The molecule has 0 spiro atoms. The maximum absolute atomic E-state index is 3.43. The first-order valence-electron chi connectivity index (χ1n) is 3.79. The highest BCUT2D eigenvalue weighted by Crippen LogP contribution is 2.23. The van der Waals surface area contributed by atoms with Crippen molar-refractivity contribution in [3.63, 3.8) is 0 Å². The summed E-state index contributed by atoms with van der Waals surface area (Å²) >= 11 is 5.19. The number of hydrogen-bond acceptors (Lipinski definition) is 2. The fourth-order valence-electron chi connectivity index (χ4n) is 0.979. The van der Waals surface area contributed by atoms with Crippen molar-refractivity contribution in [2.24, 2.45) is 0 Å². The highest BCUT2D eigenvalue weighted by atomic mass is 79.9. The van der Waals surface area contributed by atoms with Gasteiger partial charge >= 0.3 is 0 Å². The molecule has 1 N–H and O–H groups in total. The summed E-state index contributed by atoms with van der Waals surface area (Å²) in [4.78, 5) is 1.30. The summed E-state index contributed by atoms with van der Waals surface area (Å²) in [7, 11) is 1.96. The van der Waals surface area contributed by atoms with Crippen molar-refractivity contribution in [1.82, 2.24) is 5.32 Å². The van der Waals surface area contributed by atoms with Crippen LogP contribution in [-0.4, -0.2) is 13.6 Å². The first-order valence-corrected chi connectivity index (χ1v) is 5.40. The monoisotopic (exact) mass is 245 g/mol. The van der Waals surface area contributed by atoms with Crippen molar-refractivity contribution >= 4 is 33.3 Å². The molecule has 0 fully saturated rings. The van der Waals surface area contributed by atoms with Crippen LogP contribution in [0.15, 0.2) is 21.5 Å². The molecule has 0 radical (unpaired) electrons. The predicted octanol–water partition coefficient (Wildman–Crippen LogP) is 3.13. The second kappa shape index (κ2) is 4.80. The minimum Gasteiger partial charge on any atom is -0.316 e. The van der Waals surface area contributed by atoms with E-state index in [0.29, 0.717) is 0 Å². The van der Waals surface area contributed by atoms with Crippen LogP contribution in [0.4, 0.5) is 0 Å². The molecule has 0 aromatic carbocycles. The Bertz CT molecular complexity index is 278. The highest BCUT2D eigenvalue weighted by molar-refractivity contribution is 9.11. The molecule has 1 heterocycles. The minimum absolute atomic E-state index is 0.954. The largest absolute Gasteiger partial charge is 0.316 e. The Morgan fingerprint density at radius 2 is 2.42 bits per heavy atom. The van der Waals surface area contributed by atoms with Gasteiger partial charge in [-0.15, -0.1) is 11.3 Å². The molecule has 1 rings (SSSR count). The van der Waals surface area contributed by atoms with Gasteiger partial charge in [-0.2, -0.15) is 0 Å². The molecule has 1 aromatic rings. The second-order valence-corrected chi connectivity index (χ2v) is 5.16. The number of hydrogen-bond donors (Lipinski definition) is 1. The SMILES string of the molecule is CNCC(C)=Cc1ccc(Br)s1. The van der Waals surface area contributed by atoms with Crippen LogP contribution in [0, 0.1) is 0 Å². The van der Waals surface area contributed by atoms with Crippen LogP contribution in [-0.2, 0) is 0 Å². The maximum atomic E-state index is 3.43. The molecule has 0 saturated carbocycles. The molecular formula is C9H12BrNS. The average Bonchev–Trinajstić information content (AvgIpc) is 2.36. The first kappa shape index (κ1) is 9.96. The molecule has 0 saturated heterocycles. The molecular weight excluding hydrogens is 234 g/mol. The average molecular weight is 246 g/mol. The Labute approximate surface area is 85.6 Å². The Morgan fingerprint density at radius 3 is 2.92 bits per heavy atom. The summed E-state index contributed by atoms with van der Waals surface area (Å²) in [5.74, 6) is 0. The van der Waals surface area contributed by atoms with Gasteiger partial charge in [0.1, 0.15) is 0 Å². The van der Waals surface area contributed by atoms with Crippen molar-refractivity contribution in [3.05, 3.63) is 26.4 Å². The summed E-state index contributed by atoms with van der Waals surface area (Å²) in [5.41, 5.74) is 1.35. The molecule has 12 heavy (non-hydrogen) atoms. The van der Waals surface area contributed by atoms with E-state index in [1.54, 1.807) is 11.3 Å². The fourth-order valence-corrected chi connectivity index (χ4v) is 2.43. The summed E-state index contributed by atoms with van der Waals surface area (Å²) in [6.07, 6.45) is 2.20. The van der Waals surface area contributed by atoms with E-state index >= 15 is 0 Å². The third-order valence-corrected chi connectivity index (χ3v) is 3.01. The summed E-state index contributed by atoms with van der Waals surface area (Å²) in [6, 6.07) is 4.19. The van der Waals surface area contributed by atoms with Crippen LogP contribution >= 0.6 is 27.3 Å². The smallest absolute Gasteiger partial charge is 0.0704 e. The Balaban J connectivity index is 2.67. The second-order valence-electron chi connectivity index (χ2n) is 2.66. The lowest BCUT2D eigenvalue weighted by Crippen LogP contribution is -2.08. The normalized spacial score (nSPS) is 12.1. The van der Waals surface area contributed by atoms with Gasteiger partial charge in [-0.3, -0.25) is 0 Å². The molecule has 1 aromatic heterocycles. The number of likely N-dealkylation sites (N-methyl/N-ethyl adjacent to an activating group) is 1. The van der Waals surface area contributed by atoms with Gasteiger partial charge in [0, 0.05) is 11.4 Å². The van der Waals surface area contributed by atoms with Crippen LogP contribution in [0.3, 0.4) is 0 Å². The topological polar surface area (TPSA) is 12.0 Å². The molecule has 0 aliphatic heterocycles. The van der Waals surface area contributed by atoms with E-state index in [1.165, 1.54) is 14.2 Å². The van der Waals surface area contributed by atoms with Crippen LogP contribution in [0.1, 0.15) is 11.8 Å². The minimum atomic E-state index is 0.954. The molecule has 0 bridgehead atoms. The van der Waals surface area contributed by atoms with Gasteiger partial charge in [0.25, 0.3) is 0 Å². The lowest BCUT2D eigenvalue weighted by Gasteiger charge is -1.96. The Kier molecular flexibility index (Phi) is 3.98. The van der Waals surface area contributed by atoms with Gasteiger partial charge in [-0.05, 0) is 48.1 Å². The van der Waals surface area contributed by atoms with E-state index in [0.717, 1.165) is 6.54 Å². The molecule has 3 heteroatoms. The van der Waals surface area contributed by atoms with E-state index in [4.69, 9.17) is 0 Å². The summed E-state index contributed by atoms with van der Waals surface area (Å²) in [5, 5.41) is 3.12. The van der Waals surface area contributed by atoms with Crippen molar-refractivity contribution in [2.75, 3.05) is 13.6 Å². The lowest BCUT2D eigenvalue weighted by atomic mass is 10.2. The number of thiophene rings is 1. The molecule has 0 aliphatic rings. The van der Waals surface area contributed by atoms with Crippen LogP contribution < -0.4 is 5.32 Å².